The van der Waals surface area contributed by atoms with Crippen molar-refractivity contribution < 1.29 is 4.79 Å². The minimum Gasteiger partial charge on any atom is -0.299 e. The number of halogens is 1. The Hall–Kier alpha value is -1.46. The molecule has 96 valence electrons. The van der Waals surface area contributed by atoms with Gasteiger partial charge in [0.2, 0.25) is 0 Å². The number of thiazole rings is 1. The van der Waals surface area contributed by atoms with Gasteiger partial charge >= 0.3 is 0 Å². The average molecular weight is 335 g/mol. The molecule has 0 aliphatic carbocycles. The smallest absolute Gasteiger partial charge is 0.193 e. The topological polar surface area (TPSA) is 34.4 Å². The molecule has 2 heterocycles. The van der Waals surface area contributed by atoms with Crippen LogP contribution in [0.4, 0.5) is 0 Å². The van der Waals surface area contributed by atoms with Crippen molar-refractivity contribution >= 4 is 38.0 Å². The number of hydrogen-bond donors (Lipinski definition) is 0. The van der Waals surface area contributed by atoms with Crippen LogP contribution in [-0.4, -0.2) is 15.2 Å². The Morgan fingerprint density at radius 3 is 2.95 bits per heavy atom. The maximum atomic E-state index is 12.1. The number of Topliss-reactive ketones (excluding diaryl/α,β-unsaturated/α-hetero) is 1. The summed E-state index contributed by atoms with van der Waals surface area (Å²) in [7, 11) is 0. The number of carbonyl (C=O) groups is 1. The first-order valence-corrected chi connectivity index (χ1v) is 7.56. The largest absolute Gasteiger partial charge is 0.299 e. The molecule has 0 radical (unpaired) electrons. The summed E-state index contributed by atoms with van der Waals surface area (Å²) in [5.41, 5.74) is 1.86. The van der Waals surface area contributed by atoms with E-state index in [-0.39, 0.29) is 5.78 Å². The van der Waals surface area contributed by atoms with Gasteiger partial charge in [0.25, 0.3) is 0 Å². The summed E-state index contributed by atoms with van der Waals surface area (Å²) >= 11 is 5.04. The monoisotopic (exact) mass is 334 g/mol. The van der Waals surface area contributed by atoms with Gasteiger partial charge in [-0.15, -0.1) is 11.3 Å². The second-order valence-electron chi connectivity index (χ2n) is 4.31. The van der Waals surface area contributed by atoms with Crippen molar-refractivity contribution in [3.63, 3.8) is 0 Å². The molecule has 2 aromatic heterocycles. The molecule has 19 heavy (non-hydrogen) atoms. The molecule has 0 atom stereocenters. The van der Waals surface area contributed by atoms with Gasteiger partial charge < -0.3 is 0 Å². The van der Waals surface area contributed by atoms with Crippen LogP contribution in [0, 0.1) is 0 Å². The van der Waals surface area contributed by atoms with Crippen LogP contribution in [-0.2, 0) is 17.6 Å². The molecule has 0 fully saturated rings. The van der Waals surface area contributed by atoms with E-state index in [4.69, 9.17) is 0 Å². The van der Waals surface area contributed by atoms with Gasteiger partial charge in [0.1, 0.15) is 5.78 Å². The van der Waals surface area contributed by atoms with E-state index < -0.39 is 0 Å². The fraction of sp³-hybridized carbons (Fsp3) is 0.143. The quantitative estimate of drug-likeness (QED) is 0.731. The molecule has 3 aromatic rings. The number of carbonyl (C=O) groups excluding carboxylic acids is 1. The van der Waals surface area contributed by atoms with Crippen LogP contribution in [0.2, 0.25) is 0 Å². The molecule has 0 amide bonds. The SMILES string of the molecule is O=C(Cc1cn2ccsc2n1)Cc1ccccc1Br. The maximum Gasteiger partial charge on any atom is 0.193 e. The Morgan fingerprint density at radius 1 is 1.32 bits per heavy atom. The lowest BCUT2D eigenvalue weighted by Gasteiger charge is -2.02. The fourth-order valence-corrected chi connectivity index (χ4v) is 3.12. The van der Waals surface area contributed by atoms with Gasteiger partial charge in [-0.2, -0.15) is 0 Å². The second kappa shape index (κ2) is 5.27. The van der Waals surface area contributed by atoms with E-state index in [0.717, 1.165) is 20.7 Å². The van der Waals surface area contributed by atoms with E-state index >= 15 is 0 Å². The van der Waals surface area contributed by atoms with Crippen molar-refractivity contribution in [1.82, 2.24) is 9.38 Å². The Labute approximate surface area is 123 Å². The highest BCUT2D eigenvalue weighted by molar-refractivity contribution is 9.10. The summed E-state index contributed by atoms with van der Waals surface area (Å²) in [6.45, 7) is 0. The van der Waals surface area contributed by atoms with Crippen molar-refractivity contribution in [3.05, 3.63) is 57.8 Å². The molecule has 1 aromatic carbocycles. The maximum absolute atomic E-state index is 12.1. The van der Waals surface area contributed by atoms with Gasteiger partial charge in [-0.05, 0) is 11.6 Å². The van der Waals surface area contributed by atoms with Crippen molar-refractivity contribution in [2.24, 2.45) is 0 Å². The standard InChI is InChI=1S/C14H11BrN2OS/c15-13-4-2-1-3-10(13)7-12(18)8-11-9-17-5-6-19-14(17)16-11/h1-6,9H,7-8H2. The highest BCUT2D eigenvalue weighted by Gasteiger charge is 2.10. The number of nitrogens with zero attached hydrogens (tertiary/aromatic N) is 2. The molecule has 0 saturated carbocycles. The van der Waals surface area contributed by atoms with Crippen molar-refractivity contribution in [2.45, 2.75) is 12.8 Å². The van der Waals surface area contributed by atoms with Crippen LogP contribution >= 0.6 is 27.3 Å². The van der Waals surface area contributed by atoms with Crippen LogP contribution in [0.15, 0.2) is 46.5 Å². The second-order valence-corrected chi connectivity index (χ2v) is 6.04. The van der Waals surface area contributed by atoms with Gasteiger partial charge in [0.15, 0.2) is 4.96 Å². The third-order valence-corrected chi connectivity index (χ3v) is 4.41. The zero-order chi connectivity index (χ0) is 13.2. The number of rotatable bonds is 4. The third kappa shape index (κ3) is 2.77. The first-order chi connectivity index (χ1) is 9.22. The lowest BCUT2D eigenvalue weighted by Crippen LogP contribution is -2.07. The lowest BCUT2D eigenvalue weighted by molar-refractivity contribution is -0.117. The number of imidazole rings is 1. The summed E-state index contributed by atoms with van der Waals surface area (Å²) < 4.78 is 2.93. The van der Waals surface area contributed by atoms with Crippen LogP contribution in [0.1, 0.15) is 11.3 Å². The predicted molar refractivity (Wildman–Crippen MR) is 79.6 cm³/mol. The summed E-state index contributed by atoms with van der Waals surface area (Å²) in [5, 5.41) is 1.98. The van der Waals surface area contributed by atoms with Crippen LogP contribution in [0.5, 0.6) is 0 Å². The number of ketones is 1. The van der Waals surface area contributed by atoms with Crippen molar-refractivity contribution in [3.8, 4) is 0 Å². The van der Waals surface area contributed by atoms with Crippen LogP contribution < -0.4 is 0 Å². The first-order valence-electron chi connectivity index (χ1n) is 5.88. The van der Waals surface area contributed by atoms with E-state index in [1.807, 2.05) is 46.4 Å². The number of hydrogen-bond acceptors (Lipinski definition) is 3. The molecule has 3 rings (SSSR count). The molecule has 0 bridgehead atoms. The van der Waals surface area contributed by atoms with Crippen molar-refractivity contribution in [1.29, 1.82) is 0 Å². The fourth-order valence-electron chi connectivity index (χ4n) is 1.98. The Bertz CT molecular complexity index is 703. The van der Waals surface area contributed by atoms with E-state index in [1.54, 1.807) is 11.3 Å². The van der Waals surface area contributed by atoms with Gasteiger partial charge in [0, 0.05) is 28.7 Å². The van der Waals surface area contributed by atoms with Gasteiger partial charge in [-0.3, -0.25) is 9.20 Å². The molecule has 5 heteroatoms. The van der Waals surface area contributed by atoms with E-state index in [9.17, 15) is 4.79 Å². The van der Waals surface area contributed by atoms with Gasteiger partial charge in [-0.1, -0.05) is 34.1 Å². The summed E-state index contributed by atoms with van der Waals surface area (Å²) in [6, 6.07) is 7.81. The molecule has 0 spiro atoms. The number of aromatic nitrogens is 2. The molecular weight excluding hydrogens is 324 g/mol. The summed E-state index contributed by atoms with van der Waals surface area (Å²) in [6.07, 6.45) is 4.70. The normalized spacial score (nSPS) is 11.0. The molecule has 0 unspecified atom stereocenters. The van der Waals surface area contributed by atoms with Gasteiger partial charge in [0.05, 0.1) is 12.1 Å². The summed E-state index contributed by atoms with van der Waals surface area (Å²) in [5.74, 6) is 0.178. The molecular formula is C14H11BrN2OS. The van der Waals surface area contributed by atoms with Crippen LogP contribution in [0.3, 0.4) is 0 Å². The molecule has 0 saturated heterocycles. The number of benzene rings is 1. The average Bonchev–Trinajstić information content (AvgIpc) is 2.92. The van der Waals surface area contributed by atoms with Gasteiger partial charge in [-0.25, -0.2) is 4.98 Å². The highest BCUT2D eigenvalue weighted by atomic mass is 79.9. The predicted octanol–water partition coefficient (Wildman–Crippen LogP) is 3.51. The summed E-state index contributed by atoms with van der Waals surface area (Å²) in [4.78, 5) is 17.4. The molecule has 0 N–H and O–H groups in total. The zero-order valence-corrected chi connectivity index (χ0v) is 12.4. The molecule has 0 aliphatic heterocycles. The Morgan fingerprint density at radius 2 is 2.16 bits per heavy atom. The van der Waals surface area contributed by atoms with E-state index in [0.29, 0.717) is 12.8 Å². The third-order valence-electron chi connectivity index (χ3n) is 2.87. The Kier molecular flexibility index (Phi) is 3.48. The van der Waals surface area contributed by atoms with E-state index in [1.165, 1.54) is 0 Å². The zero-order valence-electron chi connectivity index (χ0n) is 10.0. The minimum absolute atomic E-state index is 0.178. The van der Waals surface area contributed by atoms with E-state index in [2.05, 4.69) is 20.9 Å². The molecule has 3 nitrogen and oxygen atoms in total. The minimum atomic E-state index is 0.178. The number of fused-ring (bicyclic) bond motifs is 1. The van der Waals surface area contributed by atoms with Crippen molar-refractivity contribution in [2.75, 3.05) is 0 Å². The lowest BCUT2D eigenvalue weighted by atomic mass is 10.1. The Balaban J connectivity index is 1.72. The molecule has 0 aliphatic rings. The van der Waals surface area contributed by atoms with Crippen LogP contribution in [0.25, 0.3) is 4.96 Å². The first kappa shape index (κ1) is 12.6. The highest BCUT2D eigenvalue weighted by Crippen LogP contribution is 2.17.